The van der Waals surface area contributed by atoms with Crippen molar-refractivity contribution in [1.82, 2.24) is 19.9 Å². The van der Waals surface area contributed by atoms with Crippen LogP contribution >= 0.6 is 0 Å². The molecule has 0 spiro atoms. The smallest absolute Gasteiger partial charge is 0.341 e. The largest absolute Gasteiger partial charge is 0.479 e. The Bertz CT molecular complexity index is 1100. The number of hydrogen-bond acceptors (Lipinski definition) is 7. The zero-order valence-corrected chi connectivity index (χ0v) is 15.9. The van der Waals surface area contributed by atoms with Crippen LogP contribution in [-0.2, 0) is 11.2 Å². The third-order valence-corrected chi connectivity index (χ3v) is 4.84. The van der Waals surface area contributed by atoms with Crippen LogP contribution in [0.2, 0.25) is 0 Å². The molecule has 2 aromatic heterocycles. The fourth-order valence-electron chi connectivity index (χ4n) is 3.40. The van der Waals surface area contributed by atoms with Crippen molar-refractivity contribution in [3.8, 4) is 17.4 Å². The van der Waals surface area contributed by atoms with Gasteiger partial charge >= 0.3 is 5.97 Å². The molecule has 0 aliphatic carbocycles. The Morgan fingerprint density at radius 1 is 1.23 bits per heavy atom. The quantitative estimate of drug-likeness (QED) is 0.681. The van der Waals surface area contributed by atoms with Gasteiger partial charge in [-0.2, -0.15) is 4.39 Å². The number of anilines is 1. The minimum atomic E-state index is -1.28. The summed E-state index contributed by atoms with van der Waals surface area (Å²) in [6.07, 6.45) is 5.46. The van der Waals surface area contributed by atoms with E-state index < -0.39 is 30.0 Å². The predicted molar refractivity (Wildman–Crippen MR) is 102 cm³/mol. The molecule has 0 fully saturated rings. The van der Waals surface area contributed by atoms with E-state index in [1.165, 1.54) is 6.07 Å². The number of carbonyl (C=O) groups is 1. The van der Waals surface area contributed by atoms with Gasteiger partial charge in [-0.15, -0.1) is 0 Å². The van der Waals surface area contributed by atoms with Gasteiger partial charge in [-0.1, -0.05) is 0 Å². The van der Waals surface area contributed by atoms with Crippen LogP contribution in [0.25, 0.3) is 11.6 Å². The molecule has 8 nitrogen and oxygen atoms in total. The molecular weight excluding hydrogens is 396 g/mol. The molecule has 1 aromatic carbocycles. The van der Waals surface area contributed by atoms with Gasteiger partial charge in [0.05, 0.1) is 11.7 Å². The summed E-state index contributed by atoms with van der Waals surface area (Å²) in [5.41, 5.74) is 2.06. The lowest BCUT2D eigenvalue weighted by molar-refractivity contribution is -0.139. The zero-order valence-electron chi connectivity index (χ0n) is 15.9. The topological polar surface area (TPSA) is 101 Å². The normalized spacial score (nSPS) is 15.6. The van der Waals surface area contributed by atoms with E-state index in [-0.39, 0.29) is 6.04 Å². The van der Waals surface area contributed by atoms with Gasteiger partial charge in [-0.05, 0) is 13.0 Å². The Hall–Kier alpha value is -3.69. The molecule has 3 heterocycles. The van der Waals surface area contributed by atoms with Crippen molar-refractivity contribution in [3.05, 3.63) is 59.7 Å². The molecule has 1 aliphatic heterocycles. The van der Waals surface area contributed by atoms with Gasteiger partial charge < -0.3 is 14.7 Å². The Morgan fingerprint density at radius 3 is 2.73 bits per heavy atom. The van der Waals surface area contributed by atoms with E-state index in [9.17, 15) is 13.6 Å². The van der Waals surface area contributed by atoms with E-state index in [0.29, 0.717) is 30.3 Å². The first-order valence-electron chi connectivity index (χ1n) is 9.17. The number of aromatic nitrogens is 4. The molecule has 0 radical (unpaired) electrons. The monoisotopic (exact) mass is 413 g/mol. The lowest BCUT2D eigenvalue weighted by Gasteiger charge is -2.36. The summed E-state index contributed by atoms with van der Waals surface area (Å²) < 4.78 is 33.0. The second-order valence-electron chi connectivity index (χ2n) is 6.71. The van der Waals surface area contributed by atoms with Gasteiger partial charge in [0.15, 0.2) is 29.8 Å². The van der Waals surface area contributed by atoms with Crippen molar-refractivity contribution >= 4 is 11.7 Å². The molecule has 4 rings (SSSR count). The SMILES string of the molecule is CC1c2cnc(-c3ncccn3)nc2CCN1c1cc(F)c(F)c(OCC(=O)O)c1. The number of benzene rings is 1. The third kappa shape index (κ3) is 3.76. The molecule has 1 unspecified atom stereocenters. The highest BCUT2D eigenvalue weighted by atomic mass is 19.2. The van der Waals surface area contributed by atoms with E-state index in [1.54, 1.807) is 24.7 Å². The fraction of sp³-hybridized carbons (Fsp3) is 0.250. The number of nitrogens with zero attached hydrogens (tertiary/aromatic N) is 5. The first-order valence-corrected chi connectivity index (χ1v) is 9.17. The van der Waals surface area contributed by atoms with Gasteiger partial charge in [0.1, 0.15) is 0 Å². The van der Waals surface area contributed by atoms with Gasteiger partial charge in [0.25, 0.3) is 0 Å². The molecule has 154 valence electrons. The molecule has 0 amide bonds. The van der Waals surface area contributed by atoms with Gasteiger partial charge in [-0.25, -0.2) is 29.1 Å². The summed E-state index contributed by atoms with van der Waals surface area (Å²) in [5.74, 6) is -3.21. The van der Waals surface area contributed by atoms with E-state index in [4.69, 9.17) is 9.84 Å². The summed E-state index contributed by atoms with van der Waals surface area (Å²) in [6.45, 7) is 1.62. The molecule has 1 atom stereocenters. The molecule has 10 heteroatoms. The van der Waals surface area contributed by atoms with Crippen LogP contribution in [0.5, 0.6) is 5.75 Å². The molecule has 0 saturated carbocycles. The van der Waals surface area contributed by atoms with Crippen molar-refractivity contribution in [2.45, 2.75) is 19.4 Å². The van der Waals surface area contributed by atoms with Crippen LogP contribution in [0.1, 0.15) is 24.2 Å². The minimum absolute atomic E-state index is 0.225. The minimum Gasteiger partial charge on any atom is -0.479 e. The van der Waals surface area contributed by atoms with Crippen LogP contribution in [-0.4, -0.2) is 44.2 Å². The van der Waals surface area contributed by atoms with Crippen LogP contribution in [0.4, 0.5) is 14.5 Å². The number of fused-ring (bicyclic) bond motifs is 1. The first kappa shape index (κ1) is 19.6. The maximum absolute atomic E-state index is 14.1. The predicted octanol–water partition coefficient (Wildman–Crippen LogP) is 2.80. The Balaban J connectivity index is 1.63. The van der Waals surface area contributed by atoms with Crippen molar-refractivity contribution in [1.29, 1.82) is 0 Å². The molecule has 3 aromatic rings. The lowest BCUT2D eigenvalue weighted by atomic mass is 9.98. The molecule has 30 heavy (non-hydrogen) atoms. The highest BCUT2D eigenvalue weighted by Crippen LogP contribution is 2.36. The van der Waals surface area contributed by atoms with E-state index in [2.05, 4.69) is 19.9 Å². The Labute approximate surface area is 170 Å². The van der Waals surface area contributed by atoms with Crippen molar-refractivity contribution in [3.63, 3.8) is 0 Å². The summed E-state index contributed by atoms with van der Waals surface area (Å²) in [7, 11) is 0. The van der Waals surface area contributed by atoms with Crippen LogP contribution in [0, 0.1) is 11.6 Å². The van der Waals surface area contributed by atoms with Crippen LogP contribution in [0.3, 0.4) is 0 Å². The van der Waals surface area contributed by atoms with Gasteiger partial charge in [0.2, 0.25) is 5.82 Å². The molecular formula is C20H17F2N5O3. The van der Waals surface area contributed by atoms with E-state index >= 15 is 0 Å². The zero-order chi connectivity index (χ0) is 21.3. The number of carboxylic acids is 1. The number of halogens is 2. The molecule has 1 aliphatic rings. The number of rotatable bonds is 5. The van der Waals surface area contributed by atoms with Crippen LogP contribution in [0.15, 0.2) is 36.8 Å². The lowest BCUT2D eigenvalue weighted by Crippen LogP contribution is -2.35. The maximum Gasteiger partial charge on any atom is 0.341 e. The second-order valence-corrected chi connectivity index (χ2v) is 6.71. The average Bonchev–Trinajstić information content (AvgIpc) is 2.75. The first-order chi connectivity index (χ1) is 14.4. The van der Waals surface area contributed by atoms with Gasteiger partial charge in [-0.3, -0.25) is 0 Å². The molecule has 0 bridgehead atoms. The van der Waals surface area contributed by atoms with E-state index in [0.717, 1.165) is 17.3 Å². The Morgan fingerprint density at radius 2 is 2.00 bits per heavy atom. The number of carboxylic acid groups (broad SMARTS) is 1. The number of hydrogen-bond donors (Lipinski definition) is 1. The van der Waals surface area contributed by atoms with Crippen molar-refractivity contribution < 1.29 is 23.4 Å². The summed E-state index contributed by atoms with van der Waals surface area (Å²) in [6, 6.07) is 3.85. The fourth-order valence-corrected chi connectivity index (χ4v) is 3.40. The average molecular weight is 413 g/mol. The second kappa shape index (κ2) is 7.97. The van der Waals surface area contributed by atoms with Crippen LogP contribution < -0.4 is 9.64 Å². The standard InChI is InChI=1S/C20H17F2N5O3/c1-11-13-9-25-20(19-23-4-2-5-24-19)26-15(13)3-6-27(11)12-7-14(21)18(22)16(8-12)30-10-17(28)29/h2,4-5,7-9,11H,3,6,10H2,1H3,(H,28,29). The summed E-state index contributed by atoms with van der Waals surface area (Å²) in [4.78, 5) is 29.8. The van der Waals surface area contributed by atoms with Gasteiger partial charge in [0, 0.05) is 54.9 Å². The number of ether oxygens (including phenoxy) is 1. The molecule has 0 saturated heterocycles. The maximum atomic E-state index is 14.1. The highest BCUT2D eigenvalue weighted by Gasteiger charge is 2.28. The summed E-state index contributed by atoms with van der Waals surface area (Å²) in [5, 5.41) is 8.73. The number of aliphatic carboxylic acids is 1. The van der Waals surface area contributed by atoms with E-state index in [1.807, 2.05) is 11.8 Å². The highest BCUT2D eigenvalue weighted by molar-refractivity contribution is 5.68. The van der Waals surface area contributed by atoms with Crippen molar-refractivity contribution in [2.75, 3.05) is 18.1 Å². The Kier molecular flexibility index (Phi) is 5.21. The van der Waals surface area contributed by atoms with Crippen molar-refractivity contribution in [2.24, 2.45) is 0 Å². The molecule has 1 N–H and O–H groups in total. The third-order valence-electron chi connectivity index (χ3n) is 4.84. The summed E-state index contributed by atoms with van der Waals surface area (Å²) >= 11 is 0.